The standard InChI is InChI=1S/C28H45N5/c1-2-4-7-17-30-19-10-22-33(21-9-18-29-16-6-3-1)25-27-14-12-26(13-15-27)23-31-24-28-11-5-8-20-32-28/h5,8,11-15,20,29-31H,1-4,6-7,9-10,16-19,21-25H2. The fourth-order valence-electron chi connectivity index (χ4n) is 4.44. The number of hydrogen-bond donors (Lipinski definition) is 3. The van der Waals surface area contributed by atoms with Gasteiger partial charge in [-0.1, -0.05) is 56.0 Å². The molecule has 33 heavy (non-hydrogen) atoms. The van der Waals surface area contributed by atoms with Gasteiger partial charge >= 0.3 is 0 Å². The molecule has 0 spiro atoms. The number of rotatable bonds is 6. The van der Waals surface area contributed by atoms with E-state index in [1.807, 2.05) is 18.3 Å². The monoisotopic (exact) mass is 451 g/mol. The Morgan fingerprint density at radius 1 is 0.667 bits per heavy atom. The van der Waals surface area contributed by atoms with Gasteiger partial charge in [0.25, 0.3) is 0 Å². The lowest BCUT2D eigenvalue weighted by atomic mass is 10.1. The maximum atomic E-state index is 4.37. The predicted molar refractivity (Wildman–Crippen MR) is 139 cm³/mol. The molecule has 0 radical (unpaired) electrons. The van der Waals surface area contributed by atoms with Crippen molar-refractivity contribution in [2.75, 3.05) is 39.3 Å². The minimum atomic E-state index is 0.804. The molecule has 0 bridgehead atoms. The molecule has 2 aromatic rings. The van der Waals surface area contributed by atoms with E-state index >= 15 is 0 Å². The van der Waals surface area contributed by atoms with Gasteiger partial charge in [-0.25, -0.2) is 0 Å². The SMILES string of the molecule is c1ccc(CNCc2ccc(CN3CCCNCCCCCCCCNCCC3)cc2)nc1. The second kappa shape index (κ2) is 16.8. The van der Waals surface area contributed by atoms with E-state index in [2.05, 4.69) is 56.2 Å². The largest absolute Gasteiger partial charge is 0.317 e. The summed E-state index contributed by atoms with van der Waals surface area (Å²) in [6, 6.07) is 15.2. The second-order valence-corrected chi connectivity index (χ2v) is 9.35. The van der Waals surface area contributed by atoms with Crippen molar-refractivity contribution in [2.45, 2.75) is 71.0 Å². The van der Waals surface area contributed by atoms with Crippen LogP contribution in [0.1, 0.15) is 68.2 Å². The van der Waals surface area contributed by atoms with E-state index in [9.17, 15) is 0 Å². The molecular formula is C28H45N5. The van der Waals surface area contributed by atoms with Crippen LogP contribution >= 0.6 is 0 Å². The molecule has 1 aliphatic heterocycles. The molecule has 3 N–H and O–H groups in total. The zero-order valence-electron chi connectivity index (χ0n) is 20.5. The highest BCUT2D eigenvalue weighted by Crippen LogP contribution is 2.10. The molecule has 2 heterocycles. The molecule has 1 aromatic heterocycles. The van der Waals surface area contributed by atoms with Gasteiger partial charge in [-0.05, 0) is 88.2 Å². The molecule has 3 rings (SSSR count). The number of nitrogens with one attached hydrogen (secondary N) is 3. The highest BCUT2D eigenvalue weighted by molar-refractivity contribution is 5.22. The Bertz CT molecular complexity index is 701. The van der Waals surface area contributed by atoms with Gasteiger partial charge in [0.05, 0.1) is 5.69 Å². The van der Waals surface area contributed by atoms with Crippen molar-refractivity contribution in [3.63, 3.8) is 0 Å². The molecule has 1 aliphatic rings. The predicted octanol–water partition coefficient (Wildman–Crippen LogP) is 4.49. The lowest BCUT2D eigenvalue weighted by molar-refractivity contribution is 0.256. The summed E-state index contributed by atoms with van der Waals surface area (Å²) in [6.07, 6.45) is 12.5. The van der Waals surface area contributed by atoms with Crippen LogP contribution in [0.2, 0.25) is 0 Å². The first-order chi connectivity index (χ1) is 16.4. The molecular weight excluding hydrogens is 406 g/mol. The zero-order chi connectivity index (χ0) is 22.8. The number of benzene rings is 1. The number of nitrogens with zero attached hydrogens (tertiary/aromatic N) is 2. The Morgan fingerprint density at radius 3 is 1.91 bits per heavy atom. The van der Waals surface area contributed by atoms with Crippen molar-refractivity contribution in [3.05, 3.63) is 65.5 Å². The fourth-order valence-corrected chi connectivity index (χ4v) is 4.44. The van der Waals surface area contributed by atoms with E-state index in [4.69, 9.17) is 0 Å². The molecule has 0 saturated carbocycles. The summed E-state index contributed by atoms with van der Waals surface area (Å²) >= 11 is 0. The molecule has 1 fully saturated rings. The van der Waals surface area contributed by atoms with Crippen LogP contribution in [0.15, 0.2) is 48.7 Å². The van der Waals surface area contributed by atoms with Crippen LogP contribution < -0.4 is 16.0 Å². The Morgan fingerprint density at radius 2 is 1.27 bits per heavy atom. The van der Waals surface area contributed by atoms with Gasteiger partial charge in [-0.15, -0.1) is 0 Å². The average molecular weight is 452 g/mol. The summed E-state index contributed by atoms with van der Waals surface area (Å²) in [5.74, 6) is 0. The van der Waals surface area contributed by atoms with E-state index in [1.54, 1.807) is 0 Å². The third-order valence-corrected chi connectivity index (χ3v) is 6.40. The van der Waals surface area contributed by atoms with Crippen LogP contribution in [0, 0.1) is 0 Å². The summed E-state index contributed by atoms with van der Waals surface area (Å²) in [7, 11) is 0. The number of aromatic nitrogens is 1. The normalized spacial score (nSPS) is 18.5. The second-order valence-electron chi connectivity index (χ2n) is 9.35. The van der Waals surface area contributed by atoms with Crippen LogP contribution in [-0.2, 0) is 19.6 Å². The van der Waals surface area contributed by atoms with Gasteiger partial charge in [-0.2, -0.15) is 0 Å². The first-order valence-electron chi connectivity index (χ1n) is 13.2. The van der Waals surface area contributed by atoms with Gasteiger partial charge < -0.3 is 16.0 Å². The Labute approximate surface area is 201 Å². The highest BCUT2D eigenvalue weighted by atomic mass is 15.1. The summed E-state index contributed by atoms with van der Waals surface area (Å²) in [5, 5.41) is 10.8. The third kappa shape index (κ3) is 11.8. The number of hydrogen-bond acceptors (Lipinski definition) is 5. The number of pyridine rings is 1. The molecule has 1 saturated heterocycles. The van der Waals surface area contributed by atoms with Gasteiger partial charge in [-0.3, -0.25) is 9.88 Å². The van der Waals surface area contributed by atoms with Crippen LogP contribution in [0.5, 0.6) is 0 Å². The minimum Gasteiger partial charge on any atom is -0.317 e. The molecule has 5 heteroatoms. The summed E-state index contributed by atoms with van der Waals surface area (Å²) in [5.41, 5.74) is 3.82. The van der Waals surface area contributed by atoms with Gasteiger partial charge in [0.15, 0.2) is 0 Å². The van der Waals surface area contributed by atoms with Crippen LogP contribution in [0.4, 0.5) is 0 Å². The highest BCUT2D eigenvalue weighted by Gasteiger charge is 2.07. The minimum absolute atomic E-state index is 0.804. The Hall–Kier alpha value is -1.79. The smallest absolute Gasteiger partial charge is 0.0541 e. The quantitative estimate of drug-likeness (QED) is 0.604. The van der Waals surface area contributed by atoms with Crippen molar-refractivity contribution in [1.29, 1.82) is 0 Å². The van der Waals surface area contributed by atoms with Crippen molar-refractivity contribution in [1.82, 2.24) is 25.8 Å². The Kier molecular flexibility index (Phi) is 13.1. The van der Waals surface area contributed by atoms with Crippen LogP contribution in [0.25, 0.3) is 0 Å². The maximum absolute atomic E-state index is 4.37. The molecule has 5 nitrogen and oxygen atoms in total. The summed E-state index contributed by atoms with van der Waals surface area (Å²) in [4.78, 5) is 7.01. The zero-order valence-corrected chi connectivity index (χ0v) is 20.5. The van der Waals surface area contributed by atoms with E-state index < -0.39 is 0 Å². The van der Waals surface area contributed by atoms with Crippen LogP contribution in [-0.4, -0.2) is 49.2 Å². The van der Waals surface area contributed by atoms with Gasteiger partial charge in [0.1, 0.15) is 0 Å². The van der Waals surface area contributed by atoms with E-state index in [-0.39, 0.29) is 0 Å². The molecule has 0 unspecified atom stereocenters. The molecule has 182 valence electrons. The average Bonchev–Trinajstić information content (AvgIpc) is 2.85. The lowest BCUT2D eigenvalue weighted by Gasteiger charge is -2.23. The Balaban J connectivity index is 1.42. The molecule has 0 amide bonds. The van der Waals surface area contributed by atoms with E-state index in [0.717, 1.165) is 38.4 Å². The first kappa shape index (κ1) is 25.8. The van der Waals surface area contributed by atoms with Crippen molar-refractivity contribution >= 4 is 0 Å². The lowest BCUT2D eigenvalue weighted by Crippen LogP contribution is -2.30. The van der Waals surface area contributed by atoms with Crippen molar-refractivity contribution < 1.29 is 0 Å². The summed E-state index contributed by atoms with van der Waals surface area (Å²) < 4.78 is 0. The fraction of sp³-hybridized carbons (Fsp3) is 0.607. The molecule has 0 atom stereocenters. The van der Waals surface area contributed by atoms with Crippen LogP contribution in [0.3, 0.4) is 0 Å². The first-order valence-corrected chi connectivity index (χ1v) is 13.2. The molecule has 1 aromatic carbocycles. The molecule has 0 aliphatic carbocycles. The maximum Gasteiger partial charge on any atom is 0.0541 e. The van der Waals surface area contributed by atoms with Gasteiger partial charge in [0, 0.05) is 25.8 Å². The van der Waals surface area contributed by atoms with E-state index in [0.29, 0.717) is 0 Å². The topological polar surface area (TPSA) is 52.2 Å². The van der Waals surface area contributed by atoms with Crippen molar-refractivity contribution in [3.8, 4) is 0 Å². The van der Waals surface area contributed by atoms with Crippen molar-refractivity contribution in [2.24, 2.45) is 0 Å². The van der Waals surface area contributed by atoms with Gasteiger partial charge in [0.2, 0.25) is 0 Å². The summed E-state index contributed by atoms with van der Waals surface area (Å²) in [6.45, 7) is 9.68. The third-order valence-electron chi connectivity index (χ3n) is 6.40. The van der Waals surface area contributed by atoms with E-state index in [1.165, 1.54) is 88.7 Å².